The molecule has 0 saturated heterocycles. The van der Waals surface area contributed by atoms with Gasteiger partial charge in [-0.15, -0.1) is 0 Å². The number of ketones is 1. The van der Waals surface area contributed by atoms with Crippen LogP contribution in [0.3, 0.4) is 0 Å². The molecule has 0 aliphatic carbocycles. The molecule has 0 radical (unpaired) electrons. The highest BCUT2D eigenvalue weighted by Gasteiger charge is 2.15. The highest BCUT2D eigenvalue weighted by molar-refractivity contribution is 5.97. The third kappa shape index (κ3) is 1.53. The fraction of sp³-hybridized carbons (Fsp3) is 0.300. The molecule has 0 unspecified atom stereocenters. The average molecular weight is 220 g/mol. The van der Waals surface area contributed by atoms with Gasteiger partial charge in [-0.2, -0.15) is 0 Å². The topological polar surface area (TPSA) is 82.5 Å². The Morgan fingerprint density at radius 1 is 1.62 bits per heavy atom. The van der Waals surface area contributed by atoms with Gasteiger partial charge in [0.15, 0.2) is 11.4 Å². The van der Waals surface area contributed by atoms with Gasteiger partial charge in [-0.3, -0.25) is 9.20 Å². The number of imidazole rings is 1. The molecule has 0 bridgehead atoms. The van der Waals surface area contributed by atoms with Gasteiger partial charge in [-0.05, 0) is 6.92 Å². The van der Waals surface area contributed by atoms with Crippen LogP contribution < -0.4 is 10.5 Å². The molecule has 2 aromatic heterocycles. The molecule has 0 aromatic carbocycles. The minimum Gasteiger partial charge on any atom is -0.480 e. The van der Waals surface area contributed by atoms with Crippen LogP contribution in [0.2, 0.25) is 0 Å². The molecular formula is C10H12N4O2. The van der Waals surface area contributed by atoms with E-state index in [0.29, 0.717) is 22.9 Å². The Hall–Kier alpha value is -1.95. The van der Waals surface area contributed by atoms with Crippen LogP contribution in [0.1, 0.15) is 16.2 Å². The standard InChI is InChI=1S/C10H12N4O2/c1-6-10(7(15)3-11)14-5-9(16-2)12-4-8(14)13-6/h4-5H,3,11H2,1-2H3. The highest BCUT2D eigenvalue weighted by Crippen LogP contribution is 2.15. The van der Waals surface area contributed by atoms with Crippen LogP contribution >= 0.6 is 0 Å². The van der Waals surface area contributed by atoms with Gasteiger partial charge in [0.05, 0.1) is 31.7 Å². The molecule has 0 aliphatic heterocycles. The van der Waals surface area contributed by atoms with Crippen molar-refractivity contribution in [3.8, 4) is 5.88 Å². The van der Waals surface area contributed by atoms with Crippen molar-refractivity contribution >= 4 is 11.4 Å². The Bertz CT molecular complexity index is 547. The summed E-state index contributed by atoms with van der Waals surface area (Å²) in [5.41, 5.74) is 7.09. The molecule has 0 spiro atoms. The summed E-state index contributed by atoms with van der Waals surface area (Å²) in [6, 6.07) is 0. The van der Waals surface area contributed by atoms with E-state index < -0.39 is 0 Å². The lowest BCUT2D eigenvalue weighted by Crippen LogP contribution is -2.16. The largest absolute Gasteiger partial charge is 0.480 e. The van der Waals surface area contributed by atoms with Crippen molar-refractivity contribution in [3.05, 3.63) is 23.8 Å². The summed E-state index contributed by atoms with van der Waals surface area (Å²) in [5.74, 6) is 0.272. The van der Waals surface area contributed by atoms with Crippen LogP contribution in [0, 0.1) is 6.92 Å². The predicted molar refractivity (Wildman–Crippen MR) is 57.7 cm³/mol. The number of methoxy groups -OCH3 is 1. The number of hydrogen-bond donors (Lipinski definition) is 1. The normalized spacial score (nSPS) is 10.7. The van der Waals surface area contributed by atoms with Crippen LogP contribution in [0.25, 0.3) is 5.65 Å². The minimum absolute atomic E-state index is 0.0424. The van der Waals surface area contributed by atoms with E-state index in [0.717, 1.165) is 0 Å². The Morgan fingerprint density at radius 2 is 2.38 bits per heavy atom. The third-order valence-electron chi connectivity index (χ3n) is 2.32. The second-order valence-corrected chi connectivity index (χ2v) is 3.33. The second kappa shape index (κ2) is 3.90. The van der Waals surface area contributed by atoms with Gasteiger partial charge in [-0.25, -0.2) is 9.97 Å². The van der Waals surface area contributed by atoms with Gasteiger partial charge in [0.1, 0.15) is 5.69 Å². The first-order valence-corrected chi connectivity index (χ1v) is 4.79. The third-order valence-corrected chi connectivity index (χ3v) is 2.32. The SMILES string of the molecule is COc1cn2c(C(=O)CN)c(C)nc2cn1. The smallest absolute Gasteiger partial charge is 0.230 e. The van der Waals surface area contributed by atoms with E-state index in [2.05, 4.69) is 9.97 Å². The van der Waals surface area contributed by atoms with Crippen LogP contribution in [-0.2, 0) is 0 Å². The van der Waals surface area contributed by atoms with Crippen molar-refractivity contribution in [2.24, 2.45) is 5.73 Å². The lowest BCUT2D eigenvalue weighted by atomic mass is 10.2. The Labute approximate surface area is 92.1 Å². The van der Waals surface area contributed by atoms with E-state index in [-0.39, 0.29) is 12.3 Å². The number of nitrogens with zero attached hydrogens (tertiary/aromatic N) is 3. The second-order valence-electron chi connectivity index (χ2n) is 3.33. The molecule has 0 saturated carbocycles. The minimum atomic E-state index is -0.154. The summed E-state index contributed by atoms with van der Waals surface area (Å²) >= 11 is 0. The van der Waals surface area contributed by atoms with Crippen molar-refractivity contribution in [2.75, 3.05) is 13.7 Å². The van der Waals surface area contributed by atoms with Gasteiger partial charge in [0.25, 0.3) is 0 Å². The van der Waals surface area contributed by atoms with E-state index in [9.17, 15) is 4.79 Å². The van der Waals surface area contributed by atoms with E-state index >= 15 is 0 Å². The first-order chi connectivity index (χ1) is 7.67. The van der Waals surface area contributed by atoms with E-state index in [4.69, 9.17) is 10.5 Å². The molecule has 6 heteroatoms. The summed E-state index contributed by atoms with van der Waals surface area (Å²) < 4.78 is 6.65. The number of ether oxygens (including phenoxy) is 1. The van der Waals surface area contributed by atoms with Crippen molar-refractivity contribution in [1.29, 1.82) is 0 Å². The summed E-state index contributed by atoms with van der Waals surface area (Å²) in [6.45, 7) is 1.72. The predicted octanol–water partition coefficient (Wildman–Crippen LogP) is 0.188. The molecule has 6 nitrogen and oxygen atoms in total. The fourth-order valence-electron chi connectivity index (χ4n) is 1.59. The van der Waals surface area contributed by atoms with E-state index in [1.807, 2.05) is 0 Å². The van der Waals surface area contributed by atoms with Crippen molar-refractivity contribution < 1.29 is 9.53 Å². The number of carbonyl (C=O) groups is 1. The molecule has 2 N–H and O–H groups in total. The maximum atomic E-state index is 11.7. The van der Waals surface area contributed by atoms with Gasteiger partial charge < -0.3 is 10.5 Å². The maximum absolute atomic E-state index is 11.7. The molecule has 0 aliphatic rings. The van der Waals surface area contributed by atoms with Gasteiger partial charge >= 0.3 is 0 Å². The monoisotopic (exact) mass is 220 g/mol. The first kappa shape index (κ1) is 10.6. The summed E-state index contributed by atoms with van der Waals surface area (Å²) in [6.07, 6.45) is 3.18. The van der Waals surface area contributed by atoms with Crippen molar-refractivity contribution in [1.82, 2.24) is 14.4 Å². The molecule has 84 valence electrons. The maximum Gasteiger partial charge on any atom is 0.230 e. The zero-order chi connectivity index (χ0) is 11.7. The molecule has 0 atom stereocenters. The Kier molecular flexibility index (Phi) is 2.57. The molecule has 2 rings (SSSR count). The Balaban J connectivity index is 2.70. The average Bonchev–Trinajstić information content (AvgIpc) is 2.63. The number of aromatic nitrogens is 3. The van der Waals surface area contributed by atoms with Gasteiger partial charge in [0.2, 0.25) is 5.88 Å². The number of rotatable bonds is 3. The lowest BCUT2D eigenvalue weighted by molar-refractivity contribution is 0.0995. The van der Waals surface area contributed by atoms with Crippen molar-refractivity contribution in [2.45, 2.75) is 6.92 Å². The van der Waals surface area contributed by atoms with E-state index in [1.165, 1.54) is 7.11 Å². The molecule has 2 aromatic rings. The number of fused-ring (bicyclic) bond motifs is 1. The van der Waals surface area contributed by atoms with Crippen LogP contribution in [0.15, 0.2) is 12.4 Å². The number of Topliss-reactive ketones (excluding diaryl/α,β-unsaturated/α-hetero) is 1. The summed E-state index contributed by atoms with van der Waals surface area (Å²) in [7, 11) is 1.52. The molecule has 16 heavy (non-hydrogen) atoms. The fourth-order valence-corrected chi connectivity index (χ4v) is 1.59. The number of carbonyl (C=O) groups excluding carboxylic acids is 1. The molecule has 0 fully saturated rings. The molecular weight excluding hydrogens is 208 g/mol. The van der Waals surface area contributed by atoms with E-state index in [1.54, 1.807) is 23.7 Å². The summed E-state index contributed by atoms with van der Waals surface area (Å²) in [5, 5.41) is 0. The number of nitrogens with two attached hydrogens (primary N) is 1. The Morgan fingerprint density at radius 3 is 3.00 bits per heavy atom. The number of hydrogen-bond acceptors (Lipinski definition) is 5. The summed E-state index contributed by atoms with van der Waals surface area (Å²) in [4.78, 5) is 19.9. The van der Waals surface area contributed by atoms with Gasteiger partial charge in [-0.1, -0.05) is 0 Å². The molecule has 2 heterocycles. The lowest BCUT2D eigenvalue weighted by Gasteiger charge is -2.02. The zero-order valence-electron chi connectivity index (χ0n) is 9.10. The van der Waals surface area contributed by atoms with Crippen LogP contribution in [0.5, 0.6) is 5.88 Å². The van der Waals surface area contributed by atoms with Crippen molar-refractivity contribution in [3.63, 3.8) is 0 Å². The zero-order valence-corrected chi connectivity index (χ0v) is 9.10. The highest BCUT2D eigenvalue weighted by atomic mass is 16.5. The molecule has 0 amide bonds. The number of aryl methyl sites for hydroxylation is 1. The quantitative estimate of drug-likeness (QED) is 0.746. The van der Waals surface area contributed by atoms with Gasteiger partial charge in [0, 0.05) is 0 Å². The van der Waals surface area contributed by atoms with Crippen LogP contribution in [0.4, 0.5) is 0 Å². The first-order valence-electron chi connectivity index (χ1n) is 4.79. The van der Waals surface area contributed by atoms with Crippen LogP contribution in [-0.4, -0.2) is 33.8 Å².